The van der Waals surface area contributed by atoms with Gasteiger partial charge in [-0.3, -0.25) is 4.18 Å². The highest BCUT2D eigenvalue weighted by atomic mass is 35.5. The number of hydrogen-bond donors (Lipinski definition) is 2. The van der Waals surface area contributed by atoms with Gasteiger partial charge in [-0.15, -0.1) is 0 Å². The van der Waals surface area contributed by atoms with Crippen molar-refractivity contribution in [2.45, 2.75) is 6.10 Å². The molecule has 0 aliphatic carbocycles. The molecule has 0 aliphatic heterocycles. The zero-order valence-electron chi connectivity index (χ0n) is 10.5. The Labute approximate surface area is 127 Å². The molecule has 0 aliphatic rings. The molecule has 1 atom stereocenters. The number of benzene rings is 1. The Bertz CT molecular complexity index is 660. The van der Waals surface area contributed by atoms with Crippen LogP contribution in [0.25, 0.3) is 0 Å². The molecule has 0 saturated heterocycles. The van der Waals surface area contributed by atoms with Gasteiger partial charge in [0.1, 0.15) is 18.5 Å². The van der Waals surface area contributed by atoms with E-state index in [0.29, 0.717) is 10.8 Å². The van der Waals surface area contributed by atoms with Gasteiger partial charge in [0.2, 0.25) is 0 Å². The average Bonchev–Trinajstić information content (AvgIpc) is 2.32. The standard InChI is InChI=1S/C9H13ClN2O7S2/c10-7-1-3-8(4-2-7)17-5-9(19-21(12,15)16)6-18-20(11,13)14/h1-4,9H,5-6H2,(H2,11,13,14)(H2,12,15,16). The van der Waals surface area contributed by atoms with Gasteiger partial charge in [-0.25, -0.2) is 14.5 Å². The second-order valence-electron chi connectivity index (χ2n) is 3.75. The average molecular weight is 361 g/mol. The lowest BCUT2D eigenvalue weighted by Crippen LogP contribution is -2.34. The van der Waals surface area contributed by atoms with Gasteiger partial charge in [0.15, 0.2) is 0 Å². The summed E-state index contributed by atoms with van der Waals surface area (Å²) >= 11 is 5.68. The molecule has 1 rings (SSSR count). The first-order valence-electron chi connectivity index (χ1n) is 5.32. The number of rotatable bonds is 8. The predicted octanol–water partition coefficient (Wildman–Crippen LogP) is -0.472. The minimum Gasteiger partial charge on any atom is -0.491 e. The van der Waals surface area contributed by atoms with Gasteiger partial charge < -0.3 is 4.74 Å². The van der Waals surface area contributed by atoms with E-state index < -0.39 is 33.3 Å². The SMILES string of the molecule is NS(=O)(=O)OCC(COc1ccc(Cl)cc1)OS(N)(=O)=O. The largest absolute Gasteiger partial charge is 0.491 e. The first-order chi connectivity index (χ1) is 9.55. The number of hydrogen-bond acceptors (Lipinski definition) is 7. The monoisotopic (exact) mass is 360 g/mol. The van der Waals surface area contributed by atoms with Gasteiger partial charge in [0, 0.05) is 5.02 Å². The second-order valence-corrected chi connectivity index (χ2v) is 6.59. The third-order valence-electron chi connectivity index (χ3n) is 1.94. The normalized spacial score (nSPS) is 13.9. The van der Waals surface area contributed by atoms with Gasteiger partial charge in [-0.1, -0.05) is 11.6 Å². The Kier molecular flexibility index (Phi) is 6.34. The molecule has 1 aromatic carbocycles. The van der Waals surface area contributed by atoms with E-state index in [9.17, 15) is 16.8 Å². The first-order valence-corrected chi connectivity index (χ1v) is 8.64. The molecule has 0 saturated carbocycles. The van der Waals surface area contributed by atoms with Crippen LogP contribution in [0.5, 0.6) is 5.75 Å². The van der Waals surface area contributed by atoms with Crippen LogP contribution in [0.4, 0.5) is 0 Å². The summed E-state index contributed by atoms with van der Waals surface area (Å²) in [6.07, 6.45) is -1.30. The van der Waals surface area contributed by atoms with E-state index in [0.717, 1.165) is 0 Å². The lowest BCUT2D eigenvalue weighted by atomic mass is 10.3. The van der Waals surface area contributed by atoms with E-state index in [1.807, 2.05) is 0 Å². The quantitative estimate of drug-likeness (QED) is 0.636. The summed E-state index contributed by atoms with van der Waals surface area (Å²) < 4.78 is 57.0. The zero-order valence-corrected chi connectivity index (χ0v) is 12.9. The van der Waals surface area contributed by atoms with E-state index >= 15 is 0 Å². The van der Waals surface area contributed by atoms with Crippen molar-refractivity contribution in [3.05, 3.63) is 29.3 Å². The minimum absolute atomic E-state index is 0.340. The summed E-state index contributed by atoms with van der Waals surface area (Å²) in [6, 6.07) is 6.15. The van der Waals surface area contributed by atoms with Crippen LogP contribution in [0.1, 0.15) is 0 Å². The zero-order chi connectivity index (χ0) is 16.1. The molecule has 0 heterocycles. The second kappa shape index (κ2) is 7.35. The summed E-state index contributed by atoms with van der Waals surface area (Å²) in [4.78, 5) is 0. The lowest BCUT2D eigenvalue weighted by molar-refractivity contribution is 0.0885. The van der Waals surface area contributed by atoms with Crippen LogP contribution in [0.2, 0.25) is 5.02 Å². The Morgan fingerprint density at radius 1 is 1.00 bits per heavy atom. The van der Waals surface area contributed by atoms with Crippen molar-refractivity contribution in [3.63, 3.8) is 0 Å². The fraction of sp³-hybridized carbons (Fsp3) is 0.333. The maximum Gasteiger partial charge on any atom is 0.333 e. The van der Waals surface area contributed by atoms with Crippen LogP contribution in [-0.4, -0.2) is 36.2 Å². The van der Waals surface area contributed by atoms with Crippen molar-refractivity contribution in [1.82, 2.24) is 0 Å². The van der Waals surface area contributed by atoms with Crippen molar-refractivity contribution in [1.29, 1.82) is 0 Å². The van der Waals surface area contributed by atoms with Crippen LogP contribution in [0, 0.1) is 0 Å². The van der Waals surface area contributed by atoms with Gasteiger partial charge in [-0.05, 0) is 24.3 Å². The predicted molar refractivity (Wildman–Crippen MR) is 74.0 cm³/mol. The third-order valence-corrected chi connectivity index (χ3v) is 3.19. The highest BCUT2D eigenvalue weighted by molar-refractivity contribution is 7.84. The van der Waals surface area contributed by atoms with E-state index in [4.69, 9.17) is 21.5 Å². The molecule has 0 amide bonds. The number of ether oxygens (including phenoxy) is 1. The summed E-state index contributed by atoms with van der Waals surface area (Å²) in [6.45, 7) is -1.02. The van der Waals surface area contributed by atoms with Crippen LogP contribution in [0.15, 0.2) is 24.3 Å². The van der Waals surface area contributed by atoms with E-state index in [1.54, 1.807) is 12.1 Å². The fourth-order valence-electron chi connectivity index (χ4n) is 1.18. The molecule has 12 heteroatoms. The molecule has 0 bridgehead atoms. The molecular weight excluding hydrogens is 348 g/mol. The van der Waals surface area contributed by atoms with E-state index in [1.165, 1.54) is 12.1 Å². The fourth-order valence-corrected chi connectivity index (χ4v) is 2.14. The Hall–Kier alpha value is -0.950. The molecular formula is C9H13ClN2O7S2. The molecule has 120 valence electrons. The van der Waals surface area contributed by atoms with Gasteiger partial charge in [0.25, 0.3) is 0 Å². The molecule has 21 heavy (non-hydrogen) atoms. The van der Waals surface area contributed by atoms with Crippen molar-refractivity contribution in [2.75, 3.05) is 13.2 Å². The summed E-state index contributed by atoms with van der Waals surface area (Å²) in [5.41, 5.74) is 0. The molecule has 9 nitrogen and oxygen atoms in total. The topological polar surface area (TPSA) is 148 Å². The van der Waals surface area contributed by atoms with Crippen LogP contribution < -0.4 is 15.0 Å². The molecule has 0 aromatic heterocycles. The van der Waals surface area contributed by atoms with Crippen LogP contribution in [-0.2, 0) is 29.0 Å². The van der Waals surface area contributed by atoms with Crippen LogP contribution >= 0.6 is 11.6 Å². The minimum atomic E-state index is -4.32. The third kappa shape index (κ3) is 8.83. The van der Waals surface area contributed by atoms with E-state index in [2.05, 4.69) is 13.5 Å². The molecule has 0 spiro atoms. The summed E-state index contributed by atoms with van der Waals surface area (Å²) in [5, 5.41) is 9.82. The van der Waals surface area contributed by atoms with Crippen molar-refractivity contribution in [3.8, 4) is 5.75 Å². The number of nitrogens with two attached hydrogens (primary N) is 2. The Morgan fingerprint density at radius 3 is 2.05 bits per heavy atom. The van der Waals surface area contributed by atoms with Gasteiger partial charge in [0.05, 0.1) is 6.61 Å². The van der Waals surface area contributed by atoms with Crippen LogP contribution in [0.3, 0.4) is 0 Å². The van der Waals surface area contributed by atoms with Crippen molar-refractivity contribution < 1.29 is 29.9 Å². The molecule has 1 aromatic rings. The summed E-state index contributed by atoms with van der Waals surface area (Å²) in [5.74, 6) is 0.359. The molecule has 0 fully saturated rings. The number of halogens is 1. The Balaban J connectivity index is 2.65. The highest BCUT2D eigenvalue weighted by Crippen LogP contribution is 2.16. The lowest BCUT2D eigenvalue weighted by Gasteiger charge is -2.16. The highest BCUT2D eigenvalue weighted by Gasteiger charge is 2.20. The molecule has 1 unspecified atom stereocenters. The van der Waals surface area contributed by atoms with E-state index in [-0.39, 0.29) is 6.61 Å². The van der Waals surface area contributed by atoms with Gasteiger partial charge >= 0.3 is 20.6 Å². The Morgan fingerprint density at radius 2 is 1.57 bits per heavy atom. The first kappa shape index (κ1) is 18.1. The van der Waals surface area contributed by atoms with Gasteiger partial charge in [-0.2, -0.15) is 16.8 Å². The van der Waals surface area contributed by atoms with Crippen molar-refractivity contribution in [2.24, 2.45) is 10.3 Å². The smallest absolute Gasteiger partial charge is 0.333 e. The maximum absolute atomic E-state index is 10.9. The maximum atomic E-state index is 10.9. The summed E-state index contributed by atoms with van der Waals surface area (Å²) in [7, 11) is -8.57. The van der Waals surface area contributed by atoms with Crippen molar-refractivity contribution >= 4 is 32.2 Å². The molecule has 4 N–H and O–H groups in total. The molecule has 0 radical (unpaired) electrons.